The van der Waals surface area contributed by atoms with Gasteiger partial charge in [0.05, 0.1) is 12.7 Å². The van der Waals surface area contributed by atoms with Gasteiger partial charge in [0, 0.05) is 32.2 Å². The number of hydrogen-bond donors (Lipinski definition) is 1. The van der Waals surface area contributed by atoms with Crippen LogP contribution in [-0.4, -0.2) is 43.7 Å². The third-order valence-electron chi connectivity index (χ3n) is 3.73. The molecule has 0 saturated carbocycles. The van der Waals surface area contributed by atoms with Crippen molar-refractivity contribution in [1.29, 1.82) is 0 Å². The minimum Gasteiger partial charge on any atom is -0.465 e. The van der Waals surface area contributed by atoms with E-state index in [9.17, 15) is 4.79 Å². The first-order chi connectivity index (χ1) is 9.72. The number of hydrogen-bond acceptors (Lipinski definition) is 4. The highest BCUT2D eigenvalue weighted by Crippen LogP contribution is 2.12. The van der Waals surface area contributed by atoms with Crippen molar-refractivity contribution < 1.29 is 9.53 Å². The highest BCUT2D eigenvalue weighted by Gasteiger charge is 2.18. The molecule has 0 spiro atoms. The zero-order valence-electron chi connectivity index (χ0n) is 12.4. The maximum Gasteiger partial charge on any atom is 0.337 e. The fourth-order valence-corrected chi connectivity index (χ4v) is 2.75. The van der Waals surface area contributed by atoms with Crippen molar-refractivity contribution in [3.63, 3.8) is 0 Å². The van der Waals surface area contributed by atoms with Gasteiger partial charge in [-0.25, -0.2) is 4.79 Å². The van der Waals surface area contributed by atoms with E-state index in [-0.39, 0.29) is 5.97 Å². The van der Waals surface area contributed by atoms with Crippen molar-refractivity contribution in [3.8, 4) is 0 Å². The maximum atomic E-state index is 11.5. The average Bonchev–Trinajstić information content (AvgIpc) is 2.47. The molecule has 1 heterocycles. The van der Waals surface area contributed by atoms with Gasteiger partial charge < -0.3 is 10.1 Å². The van der Waals surface area contributed by atoms with Crippen LogP contribution >= 0.6 is 0 Å². The third kappa shape index (κ3) is 4.05. The Balaban J connectivity index is 1.97. The molecule has 1 N–H and O–H groups in total. The lowest BCUT2D eigenvalue weighted by Gasteiger charge is -2.33. The Morgan fingerprint density at radius 3 is 3.10 bits per heavy atom. The fraction of sp³-hybridized carbons (Fsp3) is 0.562. The van der Waals surface area contributed by atoms with Crippen molar-refractivity contribution in [2.75, 3.05) is 26.7 Å². The zero-order valence-corrected chi connectivity index (χ0v) is 12.4. The van der Waals surface area contributed by atoms with Gasteiger partial charge in [0.15, 0.2) is 0 Å². The van der Waals surface area contributed by atoms with Gasteiger partial charge in [-0.05, 0) is 24.1 Å². The van der Waals surface area contributed by atoms with Crippen molar-refractivity contribution in [2.24, 2.45) is 0 Å². The lowest BCUT2D eigenvalue weighted by Crippen LogP contribution is -2.50. The van der Waals surface area contributed by atoms with Crippen LogP contribution in [0.25, 0.3) is 0 Å². The Morgan fingerprint density at radius 2 is 2.35 bits per heavy atom. The van der Waals surface area contributed by atoms with E-state index in [4.69, 9.17) is 4.74 Å². The molecule has 1 aliphatic rings. The largest absolute Gasteiger partial charge is 0.465 e. The summed E-state index contributed by atoms with van der Waals surface area (Å²) in [6, 6.07) is 8.32. The van der Waals surface area contributed by atoms with Gasteiger partial charge in [-0.1, -0.05) is 25.5 Å². The van der Waals surface area contributed by atoms with E-state index in [0.29, 0.717) is 11.6 Å². The SMILES string of the molecule is CCCC1CN(Cc2cccc(C(=O)OC)c2)CCN1. The minimum atomic E-state index is -0.268. The van der Waals surface area contributed by atoms with Crippen LogP contribution in [-0.2, 0) is 11.3 Å². The molecule has 1 atom stereocenters. The van der Waals surface area contributed by atoms with Gasteiger partial charge in [-0.2, -0.15) is 0 Å². The Hall–Kier alpha value is -1.39. The van der Waals surface area contributed by atoms with Crippen LogP contribution in [0, 0.1) is 0 Å². The van der Waals surface area contributed by atoms with Crippen LogP contribution in [0.1, 0.15) is 35.7 Å². The van der Waals surface area contributed by atoms with Crippen LogP contribution in [0.15, 0.2) is 24.3 Å². The Morgan fingerprint density at radius 1 is 1.50 bits per heavy atom. The molecule has 1 fully saturated rings. The molecule has 0 aliphatic carbocycles. The van der Waals surface area contributed by atoms with Gasteiger partial charge in [0.1, 0.15) is 0 Å². The molecule has 0 aromatic heterocycles. The van der Waals surface area contributed by atoms with E-state index in [2.05, 4.69) is 23.2 Å². The van der Waals surface area contributed by atoms with Gasteiger partial charge in [0.2, 0.25) is 0 Å². The number of benzene rings is 1. The molecule has 20 heavy (non-hydrogen) atoms. The number of piperazine rings is 1. The van der Waals surface area contributed by atoms with Crippen molar-refractivity contribution >= 4 is 5.97 Å². The van der Waals surface area contributed by atoms with Crippen molar-refractivity contribution in [1.82, 2.24) is 10.2 Å². The monoisotopic (exact) mass is 276 g/mol. The summed E-state index contributed by atoms with van der Waals surface area (Å²) in [4.78, 5) is 14.0. The molecular formula is C16H24N2O2. The number of ether oxygens (including phenoxy) is 1. The second kappa shape index (κ2) is 7.41. The van der Waals surface area contributed by atoms with Crippen molar-refractivity contribution in [2.45, 2.75) is 32.4 Å². The molecule has 4 heteroatoms. The van der Waals surface area contributed by atoms with Crippen LogP contribution in [0.5, 0.6) is 0 Å². The molecular weight excluding hydrogens is 252 g/mol. The zero-order chi connectivity index (χ0) is 14.4. The topological polar surface area (TPSA) is 41.6 Å². The number of nitrogens with zero attached hydrogens (tertiary/aromatic N) is 1. The van der Waals surface area contributed by atoms with Gasteiger partial charge >= 0.3 is 5.97 Å². The summed E-state index contributed by atoms with van der Waals surface area (Å²) < 4.78 is 4.77. The van der Waals surface area contributed by atoms with E-state index in [1.807, 2.05) is 12.1 Å². The van der Waals surface area contributed by atoms with Crippen LogP contribution in [0.4, 0.5) is 0 Å². The standard InChI is InChI=1S/C16H24N2O2/c1-3-5-15-12-18(9-8-17-15)11-13-6-4-7-14(10-13)16(19)20-2/h4,6-7,10,15,17H,3,5,8-9,11-12H2,1-2H3. The summed E-state index contributed by atoms with van der Waals surface area (Å²) in [5.74, 6) is -0.268. The highest BCUT2D eigenvalue weighted by atomic mass is 16.5. The molecule has 1 saturated heterocycles. The molecule has 1 aromatic rings. The van der Waals surface area contributed by atoms with E-state index in [1.165, 1.54) is 25.5 Å². The first kappa shape index (κ1) is 15.0. The smallest absolute Gasteiger partial charge is 0.337 e. The normalized spacial score (nSPS) is 19.8. The Kier molecular flexibility index (Phi) is 5.56. The lowest BCUT2D eigenvalue weighted by molar-refractivity contribution is 0.0600. The Bertz CT molecular complexity index is 446. The third-order valence-corrected chi connectivity index (χ3v) is 3.73. The van der Waals surface area contributed by atoms with E-state index >= 15 is 0 Å². The number of methoxy groups -OCH3 is 1. The van der Waals surface area contributed by atoms with Crippen LogP contribution < -0.4 is 5.32 Å². The Labute approximate surface area is 121 Å². The summed E-state index contributed by atoms with van der Waals surface area (Å²) in [5, 5.41) is 3.56. The molecule has 0 amide bonds. The summed E-state index contributed by atoms with van der Waals surface area (Å²) >= 11 is 0. The molecule has 2 rings (SSSR count). The second-order valence-corrected chi connectivity index (χ2v) is 5.37. The van der Waals surface area contributed by atoms with E-state index in [1.54, 1.807) is 6.07 Å². The predicted octanol–water partition coefficient (Wildman–Crippen LogP) is 2.05. The fourth-order valence-electron chi connectivity index (χ4n) is 2.75. The number of esters is 1. The molecule has 1 aromatic carbocycles. The molecule has 0 radical (unpaired) electrons. The first-order valence-corrected chi connectivity index (χ1v) is 7.36. The first-order valence-electron chi connectivity index (χ1n) is 7.36. The van der Waals surface area contributed by atoms with E-state index < -0.39 is 0 Å². The number of rotatable bonds is 5. The molecule has 1 unspecified atom stereocenters. The summed E-state index contributed by atoms with van der Waals surface area (Å²) in [5.41, 5.74) is 1.80. The molecule has 0 bridgehead atoms. The maximum absolute atomic E-state index is 11.5. The summed E-state index contributed by atoms with van der Waals surface area (Å²) in [7, 11) is 1.42. The molecule has 110 valence electrons. The number of carbonyl (C=O) groups excluding carboxylic acids is 1. The van der Waals surface area contributed by atoms with E-state index in [0.717, 1.165) is 26.2 Å². The second-order valence-electron chi connectivity index (χ2n) is 5.37. The van der Waals surface area contributed by atoms with Crippen molar-refractivity contribution in [3.05, 3.63) is 35.4 Å². The van der Waals surface area contributed by atoms with Gasteiger partial charge in [0.25, 0.3) is 0 Å². The number of nitrogens with one attached hydrogen (secondary N) is 1. The van der Waals surface area contributed by atoms with Gasteiger partial charge in [-0.15, -0.1) is 0 Å². The highest BCUT2D eigenvalue weighted by molar-refractivity contribution is 5.89. The summed E-state index contributed by atoms with van der Waals surface area (Å²) in [6.07, 6.45) is 2.43. The minimum absolute atomic E-state index is 0.268. The number of carbonyl (C=O) groups is 1. The van der Waals surface area contributed by atoms with Gasteiger partial charge in [-0.3, -0.25) is 4.90 Å². The predicted molar refractivity (Wildman–Crippen MR) is 79.8 cm³/mol. The van der Waals surface area contributed by atoms with Crippen LogP contribution in [0.2, 0.25) is 0 Å². The average molecular weight is 276 g/mol. The lowest BCUT2D eigenvalue weighted by atomic mass is 10.1. The molecule has 4 nitrogen and oxygen atoms in total. The van der Waals surface area contributed by atoms with Crippen LogP contribution in [0.3, 0.4) is 0 Å². The summed E-state index contributed by atoms with van der Waals surface area (Å²) in [6.45, 7) is 6.30. The molecule has 1 aliphatic heterocycles. The quantitative estimate of drug-likeness (QED) is 0.836.